The van der Waals surface area contributed by atoms with Crippen molar-refractivity contribution in [2.24, 2.45) is 5.73 Å². The number of nitrogens with zero attached hydrogens (tertiary/aromatic N) is 3. The first kappa shape index (κ1) is 32.0. The summed E-state index contributed by atoms with van der Waals surface area (Å²) in [4.78, 5) is 55.5. The SMILES string of the molecule is NCCOCCOCCC(=O)NCC(=O)N[C@@H](CNC(=O)c1ccc2c(cnn2CCCNc2ncc[nH]2)c1)C(=O)O. The van der Waals surface area contributed by atoms with Crippen molar-refractivity contribution in [3.05, 3.63) is 42.4 Å². The molecule has 3 amide bonds. The third-order valence-corrected chi connectivity index (χ3v) is 5.90. The van der Waals surface area contributed by atoms with Crippen LogP contribution >= 0.6 is 0 Å². The van der Waals surface area contributed by atoms with E-state index in [0.29, 0.717) is 51.0 Å². The van der Waals surface area contributed by atoms with E-state index in [2.05, 4.69) is 36.3 Å². The van der Waals surface area contributed by atoms with Gasteiger partial charge >= 0.3 is 5.97 Å². The van der Waals surface area contributed by atoms with Gasteiger partial charge in [-0.15, -0.1) is 0 Å². The largest absolute Gasteiger partial charge is 0.480 e. The third kappa shape index (κ3) is 10.8. The number of benzene rings is 1. The van der Waals surface area contributed by atoms with Gasteiger partial charge in [-0.1, -0.05) is 0 Å². The molecule has 2 aromatic heterocycles. The van der Waals surface area contributed by atoms with Gasteiger partial charge in [0.2, 0.25) is 11.8 Å². The molecular weight excluding hydrogens is 550 g/mol. The summed E-state index contributed by atoms with van der Waals surface area (Å²) < 4.78 is 12.2. The molecule has 0 unspecified atom stereocenters. The summed E-state index contributed by atoms with van der Waals surface area (Å²) in [6.07, 6.45) is 5.88. The maximum atomic E-state index is 12.7. The highest BCUT2D eigenvalue weighted by Gasteiger charge is 2.21. The molecular formula is C26H37N9O7. The highest BCUT2D eigenvalue weighted by atomic mass is 16.5. The third-order valence-electron chi connectivity index (χ3n) is 5.90. The number of imidazole rings is 1. The van der Waals surface area contributed by atoms with E-state index in [1.165, 1.54) is 0 Å². The lowest BCUT2D eigenvalue weighted by atomic mass is 10.1. The Bertz CT molecular complexity index is 1300. The van der Waals surface area contributed by atoms with Crippen LogP contribution in [0, 0.1) is 0 Å². The zero-order valence-electron chi connectivity index (χ0n) is 23.1. The van der Waals surface area contributed by atoms with Gasteiger partial charge in [0.25, 0.3) is 5.91 Å². The summed E-state index contributed by atoms with van der Waals surface area (Å²) in [5.74, 6) is -2.29. The number of aliphatic carboxylic acids is 1. The number of H-pyrrole nitrogens is 1. The number of carbonyl (C=O) groups excluding carboxylic acids is 3. The van der Waals surface area contributed by atoms with E-state index in [9.17, 15) is 24.3 Å². The number of nitrogens with one attached hydrogen (secondary N) is 5. The standard InChI is InChI=1S/C26H37N9O7/c27-5-11-42-13-12-41-10-4-22(36)31-17-23(37)34-20(25(39)40)16-32-24(38)18-2-3-21-19(14-18)15-33-35(21)9-1-6-28-26-29-7-8-30-26/h2-3,7-8,14-15,20H,1,4-6,9-13,16-17,27H2,(H,31,36)(H,32,38)(H,34,37)(H,39,40)(H2,28,29,30)/t20-/m0/s1. The molecule has 2 heterocycles. The number of aryl methyl sites for hydroxylation is 1. The smallest absolute Gasteiger partial charge is 0.328 e. The summed E-state index contributed by atoms with van der Waals surface area (Å²) in [5, 5.41) is 25.0. The Morgan fingerprint density at radius 3 is 2.62 bits per heavy atom. The second-order valence-corrected chi connectivity index (χ2v) is 9.07. The van der Waals surface area contributed by atoms with Crippen molar-refractivity contribution in [3.8, 4) is 0 Å². The summed E-state index contributed by atoms with van der Waals surface area (Å²) in [6.45, 7) is 2.23. The number of ether oxygens (including phenoxy) is 2. The van der Waals surface area contributed by atoms with Crippen molar-refractivity contribution >= 4 is 40.5 Å². The molecule has 0 fully saturated rings. The molecule has 0 spiro atoms. The molecule has 3 rings (SSSR count). The van der Waals surface area contributed by atoms with Crippen molar-refractivity contribution in [3.63, 3.8) is 0 Å². The minimum Gasteiger partial charge on any atom is -0.480 e. The van der Waals surface area contributed by atoms with E-state index in [4.69, 9.17) is 15.2 Å². The molecule has 228 valence electrons. The number of amides is 3. The average molecular weight is 588 g/mol. The van der Waals surface area contributed by atoms with Crippen LogP contribution in [0.5, 0.6) is 0 Å². The van der Waals surface area contributed by atoms with Gasteiger partial charge in [-0.3, -0.25) is 19.1 Å². The molecule has 0 radical (unpaired) electrons. The number of hydrogen-bond donors (Lipinski definition) is 7. The Morgan fingerprint density at radius 2 is 1.88 bits per heavy atom. The van der Waals surface area contributed by atoms with E-state index < -0.39 is 36.3 Å². The lowest BCUT2D eigenvalue weighted by Gasteiger charge is -2.16. The summed E-state index contributed by atoms with van der Waals surface area (Å²) in [7, 11) is 0. The zero-order valence-corrected chi connectivity index (χ0v) is 23.1. The first-order chi connectivity index (χ1) is 20.4. The monoisotopic (exact) mass is 587 g/mol. The van der Waals surface area contributed by atoms with Crippen LogP contribution < -0.4 is 27.0 Å². The Hall–Kier alpha value is -4.54. The van der Waals surface area contributed by atoms with Crippen molar-refractivity contribution in [1.29, 1.82) is 0 Å². The minimum atomic E-state index is -1.39. The van der Waals surface area contributed by atoms with Crippen LogP contribution in [0.25, 0.3) is 10.9 Å². The maximum Gasteiger partial charge on any atom is 0.328 e. The molecule has 0 aliphatic heterocycles. The summed E-state index contributed by atoms with van der Waals surface area (Å²) in [6, 6.07) is 3.67. The fraction of sp³-hybridized carbons (Fsp3) is 0.462. The summed E-state index contributed by atoms with van der Waals surface area (Å²) >= 11 is 0. The molecule has 16 nitrogen and oxygen atoms in total. The first-order valence-electron chi connectivity index (χ1n) is 13.5. The Morgan fingerprint density at radius 1 is 1.07 bits per heavy atom. The Labute approximate surface area is 241 Å². The van der Waals surface area contributed by atoms with Crippen LogP contribution in [0.1, 0.15) is 23.2 Å². The normalized spacial score (nSPS) is 11.6. The number of hydrogen-bond acceptors (Lipinski definition) is 10. The van der Waals surface area contributed by atoms with Crippen molar-refractivity contribution in [2.45, 2.75) is 25.4 Å². The average Bonchev–Trinajstić information content (AvgIpc) is 3.65. The molecule has 0 bridgehead atoms. The Balaban J connectivity index is 1.38. The van der Waals surface area contributed by atoms with Crippen molar-refractivity contribution < 1.29 is 33.8 Å². The molecule has 16 heteroatoms. The maximum absolute atomic E-state index is 12.7. The van der Waals surface area contributed by atoms with Gasteiger partial charge in [0.05, 0.1) is 44.7 Å². The second-order valence-electron chi connectivity index (χ2n) is 9.07. The van der Waals surface area contributed by atoms with Gasteiger partial charge in [-0.2, -0.15) is 5.10 Å². The topological polar surface area (TPSA) is 228 Å². The molecule has 42 heavy (non-hydrogen) atoms. The number of rotatable bonds is 20. The fourth-order valence-corrected chi connectivity index (χ4v) is 3.78. The van der Waals surface area contributed by atoms with E-state index in [-0.39, 0.29) is 19.6 Å². The molecule has 0 aliphatic carbocycles. The highest BCUT2D eigenvalue weighted by Crippen LogP contribution is 2.16. The van der Waals surface area contributed by atoms with Crippen molar-refractivity contribution in [2.75, 3.05) is 57.9 Å². The van der Waals surface area contributed by atoms with Crippen LogP contribution in [0.2, 0.25) is 0 Å². The quantitative estimate of drug-likeness (QED) is 0.0798. The molecule has 8 N–H and O–H groups in total. The van der Waals surface area contributed by atoms with Gasteiger partial charge in [0.1, 0.15) is 6.04 Å². The highest BCUT2D eigenvalue weighted by molar-refractivity contribution is 5.98. The predicted molar refractivity (Wildman–Crippen MR) is 152 cm³/mol. The van der Waals surface area contributed by atoms with Gasteiger partial charge in [-0.05, 0) is 24.6 Å². The number of aromatic nitrogens is 4. The van der Waals surface area contributed by atoms with Gasteiger partial charge in [0, 0.05) is 55.9 Å². The lowest BCUT2D eigenvalue weighted by molar-refractivity contribution is -0.141. The number of carbonyl (C=O) groups is 4. The molecule has 1 atom stereocenters. The van der Waals surface area contributed by atoms with E-state index in [1.807, 2.05) is 4.68 Å². The fourth-order valence-electron chi connectivity index (χ4n) is 3.78. The number of nitrogens with two attached hydrogens (primary N) is 1. The molecule has 0 aliphatic rings. The number of aromatic amines is 1. The van der Waals surface area contributed by atoms with Gasteiger partial charge in [0.15, 0.2) is 5.95 Å². The van der Waals surface area contributed by atoms with E-state index in [1.54, 1.807) is 36.8 Å². The predicted octanol–water partition coefficient (Wildman–Crippen LogP) is -0.941. The molecule has 0 saturated carbocycles. The number of fused-ring (bicyclic) bond motifs is 1. The van der Waals surface area contributed by atoms with E-state index >= 15 is 0 Å². The van der Waals surface area contributed by atoms with Crippen molar-refractivity contribution in [1.82, 2.24) is 35.7 Å². The van der Waals surface area contributed by atoms with Crippen LogP contribution in [-0.2, 0) is 30.4 Å². The summed E-state index contributed by atoms with van der Waals surface area (Å²) in [5.41, 5.74) is 6.47. The lowest BCUT2D eigenvalue weighted by Crippen LogP contribution is -2.50. The second kappa shape index (κ2) is 17.3. The zero-order chi connectivity index (χ0) is 30.2. The minimum absolute atomic E-state index is 0.0226. The first-order valence-corrected chi connectivity index (χ1v) is 13.5. The molecule has 1 aromatic carbocycles. The van der Waals surface area contributed by atoms with Crippen LogP contribution in [0.4, 0.5) is 5.95 Å². The van der Waals surface area contributed by atoms with Crippen LogP contribution in [-0.4, -0.2) is 107 Å². The number of carboxylic acid groups (broad SMARTS) is 1. The molecule has 0 saturated heterocycles. The molecule has 3 aromatic rings. The van der Waals surface area contributed by atoms with Crippen LogP contribution in [0.3, 0.4) is 0 Å². The Kier molecular flexibility index (Phi) is 13.2. The van der Waals surface area contributed by atoms with Gasteiger partial charge < -0.3 is 46.6 Å². The van der Waals surface area contributed by atoms with Gasteiger partial charge in [-0.25, -0.2) is 9.78 Å². The van der Waals surface area contributed by atoms with Crippen LogP contribution in [0.15, 0.2) is 36.8 Å². The number of anilines is 1. The van der Waals surface area contributed by atoms with E-state index in [0.717, 1.165) is 17.3 Å². The number of carboxylic acids is 1.